The Labute approximate surface area is 178 Å². The van der Waals surface area contributed by atoms with E-state index in [4.69, 9.17) is 9.15 Å². The van der Waals surface area contributed by atoms with Crippen LogP contribution in [0.1, 0.15) is 25.0 Å². The molecule has 2 aliphatic rings. The topological polar surface area (TPSA) is 68.8 Å². The van der Waals surface area contributed by atoms with E-state index in [1.54, 1.807) is 0 Å². The predicted molar refractivity (Wildman–Crippen MR) is 121 cm³/mol. The molecule has 1 aromatic heterocycles. The molecule has 0 radical (unpaired) electrons. The van der Waals surface area contributed by atoms with E-state index in [-0.39, 0.29) is 11.4 Å². The number of nitro groups is 1. The molecule has 0 amide bonds. The van der Waals surface area contributed by atoms with Crippen molar-refractivity contribution in [2.75, 3.05) is 11.9 Å². The largest absolute Gasteiger partial charge is 0.456 e. The molecule has 0 bridgehead atoms. The van der Waals surface area contributed by atoms with Crippen molar-refractivity contribution >= 4 is 39.4 Å². The van der Waals surface area contributed by atoms with Gasteiger partial charge in [0.2, 0.25) is 11.5 Å². The highest BCUT2D eigenvalue weighted by Crippen LogP contribution is 2.56. The van der Waals surface area contributed by atoms with Crippen LogP contribution in [0.2, 0.25) is 0 Å². The number of hydrogen-bond acceptors (Lipinski definition) is 5. The van der Waals surface area contributed by atoms with Crippen LogP contribution in [0, 0.1) is 10.1 Å². The summed E-state index contributed by atoms with van der Waals surface area (Å²) in [5.41, 5.74) is 2.64. The lowest BCUT2D eigenvalue weighted by Crippen LogP contribution is -2.58. The summed E-state index contributed by atoms with van der Waals surface area (Å²) in [5, 5.41) is 13.8. The molecule has 154 valence electrons. The van der Waals surface area contributed by atoms with Crippen molar-refractivity contribution in [2.45, 2.75) is 25.0 Å². The van der Waals surface area contributed by atoms with E-state index in [0.717, 1.165) is 22.0 Å². The zero-order valence-corrected chi connectivity index (χ0v) is 17.4. The monoisotopic (exact) mass is 412 g/mol. The van der Waals surface area contributed by atoms with Crippen molar-refractivity contribution < 1.29 is 14.1 Å². The number of rotatable bonds is 1. The zero-order valence-electron chi connectivity index (χ0n) is 17.4. The van der Waals surface area contributed by atoms with Gasteiger partial charge in [-0.3, -0.25) is 10.1 Å². The quantitative estimate of drug-likeness (QED) is 0.282. The third-order valence-electron chi connectivity index (χ3n) is 6.90. The second-order valence-electron chi connectivity index (χ2n) is 8.70. The Balaban J connectivity index is 1.66. The number of furan rings is 1. The molecule has 6 nitrogen and oxygen atoms in total. The number of nitrogens with zero attached hydrogens (tertiary/aromatic N) is 2. The van der Waals surface area contributed by atoms with Gasteiger partial charge in [0.05, 0.1) is 16.4 Å². The van der Waals surface area contributed by atoms with Gasteiger partial charge < -0.3 is 14.1 Å². The van der Waals surface area contributed by atoms with Crippen LogP contribution in [-0.2, 0) is 5.41 Å². The first-order valence-corrected chi connectivity index (χ1v) is 10.2. The molecule has 0 saturated carbocycles. The molecule has 6 rings (SSSR count). The fraction of sp³-hybridized carbons (Fsp3) is 0.200. The lowest BCUT2D eigenvalue weighted by molar-refractivity contribution is -0.386. The Hall–Kier alpha value is -3.80. The molecule has 3 heterocycles. The third kappa shape index (κ3) is 2.06. The van der Waals surface area contributed by atoms with Crippen LogP contribution < -0.4 is 9.64 Å². The molecule has 1 atom stereocenters. The highest BCUT2D eigenvalue weighted by Gasteiger charge is 2.58. The molecule has 31 heavy (non-hydrogen) atoms. The summed E-state index contributed by atoms with van der Waals surface area (Å²) >= 11 is 0. The zero-order chi connectivity index (χ0) is 21.5. The standard InChI is InChI=1S/C25H20N2O4/c1-24(2)17-9-5-6-10-18(17)26(3)25(24)13-12-16-22-15-8-4-7-11-20(15)30-21(22)14-19(27(28)29)23(16)31-25/h4-14H,1-3H3. The summed E-state index contributed by atoms with van der Waals surface area (Å²) in [6, 6.07) is 17.3. The van der Waals surface area contributed by atoms with E-state index in [1.807, 2.05) is 55.6 Å². The lowest BCUT2D eigenvalue weighted by atomic mass is 9.76. The smallest absolute Gasteiger partial charge is 0.315 e. The van der Waals surface area contributed by atoms with Crippen LogP contribution in [0.4, 0.5) is 11.4 Å². The molecule has 0 N–H and O–H groups in total. The average Bonchev–Trinajstić information content (AvgIpc) is 3.22. The van der Waals surface area contributed by atoms with Gasteiger partial charge in [0, 0.05) is 29.1 Å². The minimum absolute atomic E-state index is 0.0922. The van der Waals surface area contributed by atoms with Gasteiger partial charge in [-0.15, -0.1) is 0 Å². The van der Waals surface area contributed by atoms with E-state index in [0.29, 0.717) is 16.7 Å². The molecule has 1 spiro atoms. The highest BCUT2D eigenvalue weighted by molar-refractivity contribution is 6.11. The van der Waals surface area contributed by atoms with Gasteiger partial charge >= 0.3 is 5.69 Å². The lowest BCUT2D eigenvalue weighted by Gasteiger charge is -2.45. The fourth-order valence-corrected chi connectivity index (χ4v) is 5.27. The summed E-state index contributed by atoms with van der Waals surface area (Å²) in [5.74, 6) is 0.277. The maximum absolute atomic E-state index is 12.0. The number of benzene rings is 3. The van der Waals surface area contributed by atoms with E-state index in [1.165, 1.54) is 6.07 Å². The summed E-state index contributed by atoms with van der Waals surface area (Å²) in [7, 11) is 1.97. The number of ether oxygens (including phenoxy) is 1. The van der Waals surface area contributed by atoms with Gasteiger partial charge in [-0.2, -0.15) is 0 Å². The Morgan fingerprint density at radius 3 is 2.55 bits per heavy atom. The van der Waals surface area contributed by atoms with E-state index < -0.39 is 16.1 Å². The molecular formula is C25H20N2O4. The second kappa shape index (κ2) is 5.66. The Bertz CT molecular complexity index is 1450. The first kappa shape index (κ1) is 18.0. The minimum atomic E-state index is -0.887. The molecule has 3 aromatic carbocycles. The van der Waals surface area contributed by atoms with E-state index >= 15 is 0 Å². The molecule has 2 aliphatic heterocycles. The molecule has 0 aliphatic carbocycles. The SMILES string of the molecule is CN1c2ccccc2C(C)(C)C12C=Cc1c(c([N+](=O)[O-])cc3oc4ccccc4c13)O2. The first-order chi connectivity index (χ1) is 14.8. The van der Waals surface area contributed by atoms with Crippen molar-refractivity contribution in [1.82, 2.24) is 0 Å². The number of para-hydroxylation sites is 2. The van der Waals surface area contributed by atoms with Gasteiger partial charge in [0.15, 0.2) is 0 Å². The number of likely N-dealkylation sites (N-methyl/N-ethyl adjacent to an activating group) is 1. The van der Waals surface area contributed by atoms with Crippen LogP contribution >= 0.6 is 0 Å². The van der Waals surface area contributed by atoms with Crippen LogP contribution in [0.25, 0.3) is 28.0 Å². The number of fused-ring (bicyclic) bond motifs is 6. The molecule has 4 aromatic rings. The highest BCUT2D eigenvalue weighted by atomic mass is 16.6. The molecule has 6 heteroatoms. The summed E-state index contributed by atoms with van der Waals surface area (Å²) in [6.07, 6.45) is 3.99. The number of hydrogen-bond donors (Lipinski definition) is 0. The van der Waals surface area contributed by atoms with Crippen LogP contribution in [0.3, 0.4) is 0 Å². The van der Waals surface area contributed by atoms with Crippen molar-refractivity contribution in [1.29, 1.82) is 0 Å². The molecule has 1 unspecified atom stereocenters. The van der Waals surface area contributed by atoms with Gasteiger partial charge in [-0.05, 0) is 43.7 Å². The Morgan fingerprint density at radius 2 is 1.77 bits per heavy atom. The van der Waals surface area contributed by atoms with Crippen LogP contribution in [0.15, 0.2) is 65.1 Å². The third-order valence-corrected chi connectivity index (χ3v) is 6.90. The maximum Gasteiger partial charge on any atom is 0.315 e. The maximum atomic E-state index is 12.0. The van der Waals surface area contributed by atoms with E-state index in [9.17, 15) is 10.1 Å². The van der Waals surface area contributed by atoms with Crippen LogP contribution in [0.5, 0.6) is 5.75 Å². The van der Waals surface area contributed by atoms with Gasteiger partial charge in [0.25, 0.3) is 0 Å². The van der Waals surface area contributed by atoms with Crippen molar-refractivity contribution in [3.8, 4) is 5.75 Å². The average molecular weight is 412 g/mol. The van der Waals surface area contributed by atoms with Crippen LogP contribution in [-0.4, -0.2) is 17.7 Å². The number of nitro benzene ring substituents is 1. The van der Waals surface area contributed by atoms with Crippen molar-refractivity contribution in [3.63, 3.8) is 0 Å². The van der Waals surface area contributed by atoms with Crippen molar-refractivity contribution in [2.24, 2.45) is 0 Å². The van der Waals surface area contributed by atoms with Gasteiger partial charge in [0.1, 0.15) is 11.2 Å². The van der Waals surface area contributed by atoms with Gasteiger partial charge in [-0.1, -0.05) is 36.4 Å². The Morgan fingerprint density at radius 1 is 1.03 bits per heavy atom. The molecular weight excluding hydrogens is 392 g/mol. The van der Waals surface area contributed by atoms with E-state index in [2.05, 4.69) is 30.9 Å². The first-order valence-electron chi connectivity index (χ1n) is 10.2. The molecule has 0 saturated heterocycles. The normalized spacial score (nSPS) is 20.8. The summed E-state index contributed by atoms with van der Waals surface area (Å²) in [4.78, 5) is 13.7. The Kier molecular flexibility index (Phi) is 3.29. The fourth-order valence-electron chi connectivity index (χ4n) is 5.27. The summed E-state index contributed by atoms with van der Waals surface area (Å²) < 4.78 is 12.6. The number of anilines is 1. The van der Waals surface area contributed by atoms with Crippen molar-refractivity contribution in [3.05, 3.63) is 81.9 Å². The molecule has 0 fully saturated rings. The predicted octanol–water partition coefficient (Wildman–Crippen LogP) is 6.02. The summed E-state index contributed by atoms with van der Waals surface area (Å²) in [6.45, 7) is 4.23. The second-order valence-corrected chi connectivity index (χ2v) is 8.70. The van der Waals surface area contributed by atoms with Gasteiger partial charge in [-0.25, -0.2) is 0 Å². The minimum Gasteiger partial charge on any atom is -0.456 e.